The second-order valence-corrected chi connectivity index (χ2v) is 4.27. The quantitative estimate of drug-likeness (QED) is 0.834. The van der Waals surface area contributed by atoms with E-state index in [1.807, 2.05) is 12.1 Å². The van der Waals surface area contributed by atoms with Crippen LogP contribution in [0.15, 0.2) is 41.0 Å². The van der Waals surface area contributed by atoms with Gasteiger partial charge in [0.2, 0.25) is 0 Å². The first-order valence-corrected chi connectivity index (χ1v) is 5.58. The van der Waals surface area contributed by atoms with Crippen molar-refractivity contribution in [3.05, 3.63) is 42.2 Å². The van der Waals surface area contributed by atoms with Crippen LogP contribution in [0.4, 0.5) is 5.69 Å². The molecule has 0 unspecified atom stereocenters. The summed E-state index contributed by atoms with van der Waals surface area (Å²) in [5, 5.41) is 3.47. The van der Waals surface area contributed by atoms with Gasteiger partial charge in [0, 0.05) is 17.3 Å². The first-order valence-electron chi connectivity index (χ1n) is 5.58. The summed E-state index contributed by atoms with van der Waals surface area (Å²) < 4.78 is 5.46. The van der Waals surface area contributed by atoms with Gasteiger partial charge in [0.15, 0.2) is 0 Å². The zero-order chi connectivity index (χ0) is 11.5. The number of para-hydroxylation sites is 1. The van der Waals surface area contributed by atoms with E-state index in [2.05, 4.69) is 44.3 Å². The molecule has 2 nitrogen and oxygen atoms in total. The summed E-state index contributed by atoms with van der Waals surface area (Å²) in [4.78, 5) is 0. The number of hydrogen-bond donors (Lipinski definition) is 1. The molecule has 0 aliphatic heterocycles. The van der Waals surface area contributed by atoms with Crippen molar-refractivity contribution in [1.82, 2.24) is 0 Å². The van der Waals surface area contributed by atoms with E-state index >= 15 is 0 Å². The van der Waals surface area contributed by atoms with Crippen LogP contribution in [0.5, 0.6) is 0 Å². The van der Waals surface area contributed by atoms with Crippen LogP contribution in [-0.2, 0) is 0 Å². The third-order valence-corrected chi connectivity index (χ3v) is 2.49. The molecule has 0 saturated carbocycles. The summed E-state index contributed by atoms with van der Waals surface area (Å²) in [5.74, 6) is 0.909. The van der Waals surface area contributed by atoms with Gasteiger partial charge in [-0.2, -0.15) is 0 Å². The summed E-state index contributed by atoms with van der Waals surface area (Å²) in [6.07, 6.45) is 1.71. The maximum absolute atomic E-state index is 5.46. The number of aryl methyl sites for hydroxylation is 1. The molecule has 1 heterocycles. The molecule has 1 aromatic carbocycles. The SMILES string of the molecule is Cc1cccc(-c2ccco2)c1NC(C)C. The zero-order valence-electron chi connectivity index (χ0n) is 9.95. The Morgan fingerprint density at radius 1 is 1.12 bits per heavy atom. The molecule has 0 radical (unpaired) electrons. The summed E-state index contributed by atoms with van der Waals surface area (Å²) in [7, 11) is 0. The van der Waals surface area contributed by atoms with Gasteiger partial charge in [0.1, 0.15) is 5.76 Å². The fourth-order valence-electron chi connectivity index (χ4n) is 1.79. The van der Waals surface area contributed by atoms with E-state index in [1.165, 1.54) is 5.56 Å². The van der Waals surface area contributed by atoms with E-state index in [4.69, 9.17) is 4.42 Å². The van der Waals surface area contributed by atoms with Gasteiger partial charge < -0.3 is 9.73 Å². The van der Waals surface area contributed by atoms with Crippen LogP contribution < -0.4 is 5.32 Å². The molecule has 0 atom stereocenters. The molecule has 0 saturated heterocycles. The molecular weight excluding hydrogens is 198 g/mol. The molecule has 2 aromatic rings. The lowest BCUT2D eigenvalue weighted by Gasteiger charge is -2.16. The largest absolute Gasteiger partial charge is 0.464 e. The van der Waals surface area contributed by atoms with Gasteiger partial charge in [-0.15, -0.1) is 0 Å². The molecule has 2 heteroatoms. The maximum atomic E-state index is 5.46. The van der Waals surface area contributed by atoms with E-state index in [0.717, 1.165) is 17.0 Å². The summed E-state index contributed by atoms with van der Waals surface area (Å²) in [5.41, 5.74) is 3.52. The van der Waals surface area contributed by atoms with Crippen molar-refractivity contribution in [1.29, 1.82) is 0 Å². The Morgan fingerprint density at radius 3 is 2.56 bits per heavy atom. The number of nitrogens with one attached hydrogen (secondary N) is 1. The Hall–Kier alpha value is -1.70. The predicted molar refractivity (Wildman–Crippen MR) is 67.6 cm³/mol. The molecule has 1 aromatic heterocycles. The molecule has 0 aliphatic carbocycles. The number of benzene rings is 1. The number of rotatable bonds is 3. The average molecular weight is 215 g/mol. The predicted octanol–water partition coefficient (Wildman–Crippen LogP) is 4.08. The van der Waals surface area contributed by atoms with Crippen LogP contribution in [0.1, 0.15) is 19.4 Å². The Kier molecular flexibility index (Phi) is 3.00. The first-order chi connectivity index (χ1) is 7.68. The molecule has 0 bridgehead atoms. The highest BCUT2D eigenvalue weighted by Crippen LogP contribution is 2.31. The minimum absolute atomic E-state index is 0.412. The highest BCUT2D eigenvalue weighted by molar-refractivity contribution is 5.77. The Morgan fingerprint density at radius 2 is 1.94 bits per heavy atom. The molecule has 1 N–H and O–H groups in total. The van der Waals surface area contributed by atoms with Gasteiger partial charge in [0.05, 0.1) is 6.26 Å². The van der Waals surface area contributed by atoms with Crippen LogP contribution >= 0.6 is 0 Å². The third-order valence-electron chi connectivity index (χ3n) is 2.49. The molecular formula is C14H17NO. The Balaban J connectivity index is 2.48. The second kappa shape index (κ2) is 4.44. The fraction of sp³-hybridized carbons (Fsp3) is 0.286. The van der Waals surface area contributed by atoms with Crippen molar-refractivity contribution in [2.24, 2.45) is 0 Å². The Bertz CT molecular complexity index is 458. The minimum atomic E-state index is 0.412. The molecule has 0 spiro atoms. The van der Waals surface area contributed by atoms with E-state index in [1.54, 1.807) is 6.26 Å². The van der Waals surface area contributed by atoms with Gasteiger partial charge in [-0.1, -0.05) is 12.1 Å². The van der Waals surface area contributed by atoms with Gasteiger partial charge in [-0.3, -0.25) is 0 Å². The molecule has 0 amide bonds. The van der Waals surface area contributed by atoms with Crippen molar-refractivity contribution in [3.63, 3.8) is 0 Å². The van der Waals surface area contributed by atoms with Crippen molar-refractivity contribution >= 4 is 5.69 Å². The van der Waals surface area contributed by atoms with E-state index in [0.29, 0.717) is 6.04 Å². The summed E-state index contributed by atoms with van der Waals surface area (Å²) >= 11 is 0. The minimum Gasteiger partial charge on any atom is -0.464 e. The average Bonchev–Trinajstić information content (AvgIpc) is 2.73. The van der Waals surface area contributed by atoms with E-state index in [-0.39, 0.29) is 0 Å². The smallest absolute Gasteiger partial charge is 0.135 e. The lowest BCUT2D eigenvalue weighted by molar-refractivity contribution is 0.582. The van der Waals surface area contributed by atoms with Gasteiger partial charge in [0.25, 0.3) is 0 Å². The van der Waals surface area contributed by atoms with E-state index < -0.39 is 0 Å². The molecule has 0 aliphatic rings. The van der Waals surface area contributed by atoms with Crippen LogP contribution in [0, 0.1) is 6.92 Å². The molecule has 0 fully saturated rings. The van der Waals surface area contributed by atoms with Crippen molar-refractivity contribution in [2.75, 3.05) is 5.32 Å². The van der Waals surface area contributed by atoms with Crippen molar-refractivity contribution < 1.29 is 4.42 Å². The van der Waals surface area contributed by atoms with Gasteiger partial charge in [-0.05, 0) is 44.5 Å². The molecule has 16 heavy (non-hydrogen) atoms. The monoisotopic (exact) mass is 215 g/mol. The topological polar surface area (TPSA) is 25.2 Å². The van der Waals surface area contributed by atoms with Crippen LogP contribution in [0.25, 0.3) is 11.3 Å². The maximum Gasteiger partial charge on any atom is 0.135 e. The van der Waals surface area contributed by atoms with Crippen molar-refractivity contribution in [2.45, 2.75) is 26.8 Å². The fourth-order valence-corrected chi connectivity index (χ4v) is 1.79. The molecule has 2 rings (SSSR count). The van der Waals surface area contributed by atoms with Crippen LogP contribution in [0.3, 0.4) is 0 Å². The number of furan rings is 1. The Labute approximate surface area is 96.3 Å². The van der Waals surface area contributed by atoms with Gasteiger partial charge >= 0.3 is 0 Å². The first kappa shape index (κ1) is 10.8. The highest BCUT2D eigenvalue weighted by atomic mass is 16.3. The van der Waals surface area contributed by atoms with Crippen LogP contribution in [-0.4, -0.2) is 6.04 Å². The number of anilines is 1. The lowest BCUT2D eigenvalue weighted by Crippen LogP contribution is -2.11. The van der Waals surface area contributed by atoms with E-state index in [9.17, 15) is 0 Å². The van der Waals surface area contributed by atoms with Gasteiger partial charge in [-0.25, -0.2) is 0 Å². The van der Waals surface area contributed by atoms with Crippen molar-refractivity contribution in [3.8, 4) is 11.3 Å². The summed E-state index contributed by atoms with van der Waals surface area (Å²) in [6.45, 7) is 6.38. The second-order valence-electron chi connectivity index (χ2n) is 4.27. The normalized spacial score (nSPS) is 10.8. The molecule has 84 valence electrons. The third kappa shape index (κ3) is 2.11. The highest BCUT2D eigenvalue weighted by Gasteiger charge is 2.10. The number of hydrogen-bond acceptors (Lipinski definition) is 2. The summed E-state index contributed by atoms with van der Waals surface area (Å²) in [6, 6.07) is 10.6. The zero-order valence-corrected chi connectivity index (χ0v) is 9.95. The lowest BCUT2D eigenvalue weighted by atomic mass is 10.1. The van der Waals surface area contributed by atoms with Crippen LogP contribution in [0.2, 0.25) is 0 Å². The standard InChI is InChI=1S/C14H17NO/c1-10(2)15-14-11(3)6-4-7-12(14)13-8-5-9-16-13/h4-10,15H,1-3H3.